The number of nitrogens with zero attached hydrogens (tertiary/aromatic N) is 2. The van der Waals surface area contributed by atoms with Gasteiger partial charge in [0, 0.05) is 17.5 Å². The molecule has 0 aliphatic carbocycles. The molecule has 0 radical (unpaired) electrons. The maximum atomic E-state index is 11.6. The normalized spacial score (nSPS) is 12.1. The monoisotopic (exact) mass is 341 g/mol. The summed E-state index contributed by atoms with van der Waals surface area (Å²) in [5.74, 6) is -0.0277. The molecule has 0 unspecified atom stereocenters. The van der Waals surface area contributed by atoms with Gasteiger partial charge in [0.25, 0.3) is 0 Å². The van der Waals surface area contributed by atoms with E-state index in [0.717, 1.165) is 6.26 Å². The summed E-state index contributed by atoms with van der Waals surface area (Å²) in [6.45, 7) is 1.54. The number of rotatable bonds is 5. The minimum atomic E-state index is -3.40. The van der Waals surface area contributed by atoms with Crippen LogP contribution in [-0.2, 0) is 19.9 Å². The van der Waals surface area contributed by atoms with E-state index in [1.54, 1.807) is 31.2 Å². The lowest BCUT2D eigenvalue weighted by Gasteiger charge is -2.07. The van der Waals surface area contributed by atoms with Gasteiger partial charge in [-0.05, 0) is 31.2 Å². The summed E-state index contributed by atoms with van der Waals surface area (Å²) >= 11 is 0. The Balaban J connectivity index is 2.34. The third-order valence-corrected chi connectivity index (χ3v) is 5.12. The highest BCUT2D eigenvalue weighted by atomic mass is 32.2. The molecule has 118 valence electrons. The van der Waals surface area contributed by atoms with Crippen LogP contribution < -0.4 is 4.72 Å². The first kappa shape index (κ1) is 16.4. The molecule has 0 fully saturated rings. The number of sulfonamides is 1. The Morgan fingerprint density at radius 3 is 2.32 bits per heavy atom. The highest BCUT2D eigenvalue weighted by Gasteiger charge is 2.11. The lowest BCUT2D eigenvalue weighted by Crippen LogP contribution is -2.14. The predicted molar refractivity (Wildman–Crippen MR) is 83.7 cm³/mol. The van der Waals surface area contributed by atoms with Crippen LogP contribution in [-0.4, -0.2) is 39.0 Å². The van der Waals surface area contributed by atoms with Crippen molar-refractivity contribution in [1.29, 1.82) is 0 Å². The summed E-state index contributed by atoms with van der Waals surface area (Å²) in [7, 11) is -6.77. The maximum Gasteiger partial charge on any atom is 0.232 e. The quantitative estimate of drug-likeness (QED) is 0.879. The van der Waals surface area contributed by atoms with E-state index in [1.165, 1.54) is 12.1 Å². The Kier molecular flexibility index (Phi) is 4.47. The molecule has 7 nitrogen and oxygen atoms in total. The highest BCUT2D eigenvalue weighted by Crippen LogP contribution is 2.21. The van der Waals surface area contributed by atoms with Crippen molar-refractivity contribution in [3.63, 3.8) is 0 Å². The van der Waals surface area contributed by atoms with E-state index in [4.69, 9.17) is 0 Å². The fourth-order valence-electron chi connectivity index (χ4n) is 1.67. The van der Waals surface area contributed by atoms with Gasteiger partial charge in [-0.3, -0.25) is 4.72 Å². The van der Waals surface area contributed by atoms with Crippen molar-refractivity contribution in [2.75, 3.05) is 16.7 Å². The highest BCUT2D eigenvalue weighted by molar-refractivity contribution is 7.92. The van der Waals surface area contributed by atoms with Crippen LogP contribution in [0.2, 0.25) is 0 Å². The molecular weight excluding hydrogens is 326 g/mol. The number of hydrogen-bond acceptors (Lipinski definition) is 6. The summed E-state index contributed by atoms with van der Waals surface area (Å²) in [5, 5.41) is 7.42. The predicted octanol–water partition coefficient (Wildman–Crippen LogP) is 1.31. The Morgan fingerprint density at radius 2 is 1.77 bits per heavy atom. The molecule has 0 atom stereocenters. The van der Waals surface area contributed by atoms with E-state index in [0.29, 0.717) is 16.9 Å². The van der Waals surface area contributed by atoms with Crippen LogP contribution in [0.4, 0.5) is 5.69 Å². The molecule has 1 heterocycles. The summed E-state index contributed by atoms with van der Waals surface area (Å²) < 4.78 is 48.3. The van der Waals surface area contributed by atoms with Crippen molar-refractivity contribution >= 4 is 25.5 Å². The third-order valence-electron chi connectivity index (χ3n) is 2.83. The zero-order valence-electron chi connectivity index (χ0n) is 12.0. The van der Waals surface area contributed by atoms with Gasteiger partial charge in [-0.2, -0.15) is 0 Å². The molecule has 2 aromatic rings. The Morgan fingerprint density at radius 1 is 1.05 bits per heavy atom. The second-order valence-electron chi connectivity index (χ2n) is 4.62. The van der Waals surface area contributed by atoms with Gasteiger partial charge in [0.15, 0.2) is 14.9 Å². The van der Waals surface area contributed by atoms with Gasteiger partial charge in [0.1, 0.15) is 0 Å². The molecule has 1 N–H and O–H groups in total. The van der Waals surface area contributed by atoms with Crippen molar-refractivity contribution in [3.05, 3.63) is 36.4 Å². The number of aromatic nitrogens is 2. The molecule has 1 aromatic heterocycles. The summed E-state index contributed by atoms with van der Waals surface area (Å²) in [6, 6.07) is 9.52. The summed E-state index contributed by atoms with van der Waals surface area (Å²) in [4.78, 5) is 0. The number of hydrogen-bond donors (Lipinski definition) is 1. The van der Waals surface area contributed by atoms with E-state index >= 15 is 0 Å². The smallest absolute Gasteiger partial charge is 0.232 e. The van der Waals surface area contributed by atoms with Crippen LogP contribution >= 0.6 is 0 Å². The van der Waals surface area contributed by atoms with Crippen molar-refractivity contribution in [3.8, 4) is 11.3 Å². The molecule has 2 rings (SSSR count). The number of benzene rings is 1. The van der Waals surface area contributed by atoms with Crippen LogP contribution in [0.3, 0.4) is 0 Å². The van der Waals surface area contributed by atoms with Gasteiger partial charge < -0.3 is 0 Å². The Bertz CT molecular complexity index is 876. The molecule has 0 saturated heterocycles. The van der Waals surface area contributed by atoms with Crippen molar-refractivity contribution in [1.82, 2.24) is 10.2 Å². The number of sulfone groups is 1. The summed E-state index contributed by atoms with van der Waals surface area (Å²) in [5.41, 5.74) is 1.49. The van der Waals surface area contributed by atoms with E-state index in [9.17, 15) is 16.8 Å². The fourth-order valence-corrected chi connectivity index (χ4v) is 2.80. The van der Waals surface area contributed by atoms with E-state index in [2.05, 4.69) is 14.9 Å². The van der Waals surface area contributed by atoms with Crippen molar-refractivity contribution < 1.29 is 16.8 Å². The second-order valence-corrected chi connectivity index (χ2v) is 8.59. The number of nitrogens with one attached hydrogen (secondary N) is 1. The van der Waals surface area contributed by atoms with Crippen LogP contribution in [0.25, 0.3) is 11.3 Å². The molecule has 9 heteroatoms. The molecule has 0 aliphatic heterocycles. The first-order valence-corrected chi connectivity index (χ1v) is 9.90. The SMILES string of the molecule is CCS(=O)(=O)Nc1cccc(-c2ccc(S(C)(=O)=O)nn2)c1. The van der Waals surface area contributed by atoms with E-state index < -0.39 is 19.9 Å². The van der Waals surface area contributed by atoms with Gasteiger partial charge in [-0.25, -0.2) is 16.8 Å². The van der Waals surface area contributed by atoms with Crippen LogP contribution in [0.1, 0.15) is 6.92 Å². The minimum Gasteiger partial charge on any atom is -0.284 e. The second kappa shape index (κ2) is 6.01. The van der Waals surface area contributed by atoms with Crippen molar-refractivity contribution in [2.24, 2.45) is 0 Å². The van der Waals surface area contributed by atoms with Gasteiger partial charge in [0.2, 0.25) is 10.0 Å². The van der Waals surface area contributed by atoms with E-state index in [1.807, 2.05) is 0 Å². The molecular formula is C13H15N3O4S2. The topological polar surface area (TPSA) is 106 Å². The molecule has 22 heavy (non-hydrogen) atoms. The molecule has 0 spiro atoms. The maximum absolute atomic E-state index is 11.6. The minimum absolute atomic E-state index is 0.0277. The molecule has 1 aromatic carbocycles. The average molecular weight is 341 g/mol. The standard InChI is InChI=1S/C13H15N3O4S2/c1-3-22(19,20)16-11-6-4-5-10(9-11)12-7-8-13(15-14-12)21(2,17)18/h4-9,16H,3H2,1-2H3. The molecule has 0 bridgehead atoms. The van der Waals surface area contributed by atoms with Crippen LogP contribution in [0, 0.1) is 0 Å². The average Bonchev–Trinajstić information content (AvgIpc) is 2.46. The fraction of sp³-hybridized carbons (Fsp3) is 0.231. The van der Waals surface area contributed by atoms with Crippen molar-refractivity contribution in [2.45, 2.75) is 11.9 Å². The first-order chi connectivity index (χ1) is 10.2. The Hall–Kier alpha value is -2.00. The third kappa shape index (κ3) is 4.01. The lowest BCUT2D eigenvalue weighted by molar-refractivity contribution is 0.595. The lowest BCUT2D eigenvalue weighted by atomic mass is 10.1. The zero-order chi connectivity index (χ0) is 16.4. The van der Waals surface area contributed by atoms with Crippen LogP contribution in [0.15, 0.2) is 41.4 Å². The van der Waals surface area contributed by atoms with Crippen LogP contribution in [0.5, 0.6) is 0 Å². The van der Waals surface area contributed by atoms with E-state index in [-0.39, 0.29) is 10.8 Å². The number of anilines is 1. The summed E-state index contributed by atoms with van der Waals surface area (Å²) in [6.07, 6.45) is 1.05. The molecule has 0 aliphatic rings. The van der Waals surface area contributed by atoms with Gasteiger partial charge >= 0.3 is 0 Å². The largest absolute Gasteiger partial charge is 0.284 e. The zero-order valence-corrected chi connectivity index (χ0v) is 13.6. The van der Waals surface area contributed by atoms with Gasteiger partial charge in [-0.15, -0.1) is 10.2 Å². The van der Waals surface area contributed by atoms with Gasteiger partial charge in [0.05, 0.1) is 11.4 Å². The molecule has 0 amide bonds. The Labute approximate surface area is 129 Å². The first-order valence-electron chi connectivity index (χ1n) is 6.36. The molecule has 0 saturated carbocycles. The van der Waals surface area contributed by atoms with Gasteiger partial charge in [-0.1, -0.05) is 12.1 Å².